The summed E-state index contributed by atoms with van der Waals surface area (Å²) < 4.78 is 5.78. The standard InChI is InChI=1S/C24H31NO2/c1-3-5-7-12-22(4-2)25-24(26)18-15-20-13-16-23(17-14-20)27-19-21-10-8-6-9-11-21/h6,8-11,13-18,22H,3-5,7,12,19H2,1-2H3,(H,25,26)/b18-15+. The van der Waals surface area contributed by atoms with Gasteiger partial charge in [0.25, 0.3) is 0 Å². The minimum Gasteiger partial charge on any atom is -0.489 e. The molecule has 1 N–H and O–H groups in total. The van der Waals surface area contributed by atoms with Crippen LogP contribution in [0, 0.1) is 0 Å². The molecule has 0 fully saturated rings. The first-order valence-electron chi connectivity index (χ1n) is 9.96. The lowest BCUT2D eigenvalue weighted by molar-refractivity contribution is -0.117. The molecule has 0 aromatic heterocycles. The molecule has 0 aliphatic rings. The molecule has 2 aromatic carbocycles. The largest absolute Gasteiger partial charge is 0.489 e. The summed E-state index contributed by atoms with van der Waals surface area (Å²) >= 11 is 0. The van der Waals surface area contributed by atoms with Crippen molar-refractivity contribution in [3.63, 3.8) is 0 Å². The fraction of sp³-hybridized carbons (Fsp3) is 0.375. The number of nitrogens with one attached hydrogen (secondary N) is 1. The van der Waals surface area contributed by atoms with E-state index in [2.05, 4.69) is 19.2 Å². The topological polar surface area (TPSA) is 38.3 Å². The van der Waals surface area contributed by atoms with Gasteiger partial charge in [0, 0.05) is 12.1 Å². The van der Waals surface area contributed by atoms with E-state index in [-0.39, 0.29) is 11.9 Å². The van der Waals surface area contributed by atoms with Crippen LogP contribution in [0.2, 0.25) is 0 Å². The Morgan fingerprint density at radius 3 is 2.44 bits per heavy atom. The lowest BCUT2D eigenvalue weighted by Crippen LogP contribution is -2.33. The van der Waals surface area contributed by atoms with Gasteiger partial charge in [-0.3, -0.25) is 4.79 Å². The third-order valence-corrected chi connectivity index (χ3v) is 4.55. The predicted molar refractivity (Wildman–Crippen MR) is 113 cm³/mol. The Morgan fingerprint density at radius 1 is 1.04 bits per heavy atom. The first-order valence-corrected chi connectivity index (χ1v) is 9.96. The highest BCUT2D eigenvalue weighted by Gasteiger charge is 2.07. The van der Waals surface area contributed by atoms with Gasteiger partial charge in [-0.15, -0.1) is 0 Å². The van der Waals surface area contributed by atoms with Gasteiger partial charge in [0.05, 0.1) is 0 Å². The summed E-state index contributed by atoms with van der Waals surface area (Å²) in [5, 5.41) is 3.10. The van der Waals surface area contributed by atoms with Gasteiger partial charge >= 0.3 is 0 Å². The fourth-order valence-corrected chi connectivity index (χ4v) is 2.86. The second-order valence-electron chi connectivity index (χ2n) is 6.79. The van der Waals surface area contributed by atoms with Gasteiger partial charge in [-0.2, -0.15) is 0 Å². The van der Waals surface area contributed by atoms with Crippen molar-refractivity contribution in [2.45, 2.75) is 58.6 Å². The molecule has 1 amide bonds. The molecule has 3 heteroatoms. The first kappa shape index (κ1) is 20.8. The van der Waals surface area contributed by atoms with Crippen LogP contribution in [0.15, 0.2) is 60.7 Å². The van der Waals surface area contributed by atoms with Crippen molar-refractivity contribution < 1.29 is 9.53 Å². The first-order chi connectivity index (χ1) is 13.2. The van der Waals surface area contributed by atoms with Crippen LogP contribution in [0.1, 0.15) is 57.1 Å². The van der Waals surface area contributed by atoms with E-state index in [0.29, 0.717) is 6.61 Å². The van der Waals surface area contributed by atoms with Gasteiger partial charge in [-0.1, -0.05) is 75.6 Å². The molecule has 1 unspecified atom stereocenters. The third-order valence-electron chi connectivity index (χ3n) is 4.55. The normalized spacial score (nSPS) is 12.1. The van der Waals surface area contributed by atoms with E-state index < -0.39 is 0 Å². The molecule has 0 heterocycles. The number of amides is 1. The quantitative estimate of drug-likeness (QED) is 0.406. The number of hydrogen-bond donors (Lipinski definition) is 1. The van der Waals surface area contributed by atoms with Crippen LogP contribution in [0.4, 0.5) is 0 Å². The van der Waals surface area contributed by atoms with E-state index in [1.807, 2.05) is 60.7 Å². The molecule has 27 heavy (non-hydrogen) atoms. The second-order valence-corrected chi connectivity index (χ2v) is 6.79. The number of unbranched alkanes of at least 4 members (excludes halogenated alkanes) is 2. The number of hydrogen-bond acceptors (Lipinski definition) is 2. The maximum atomic E-state index is 12.1. The average molecular weight is 366 g/mol. The highest BCUT2D eigenvalue weighted by atomic mass is 16.5. The van der Waals surface area contributed by atoms with Crippen molar-refractivity contribution in [3.8, 4) is 5.75 Å². The molecule has 144 valence electrons. The molecule has 0 aliphatic carbocycles. The highest BCUT2D eigenvalue weighted by molar-refractivity contribution is 5.91. The molecule has 0 bridgehead atoms. The minimum atomic E-state index is -0.0252. The van der Waals surface area contributed by atoms with Gasteiger partial charge in [0.15, 0.2) is 0 Å². The van der Waals surface area contributed by atoms with E-state index in [9.17, 15) is 4.79 Å². The van der Waals surface area contributed by atoms with Crippen LogP contribution in [0.5, 0.6) is 5.75 Å². The molecule has 2 aromatic rings. The summed E-state index contributed by atoms with van der Waals surface area (Å²) in [7, 11) is 0. The zero-order valence-electron chi connectivity index (χ0n) is 16.5. The van der Waals surface area contributed by atoms with Crippen LogP contribution in [-0.4, -0.2) is 11.9 Å². The smallest absolute Gasteiger partial charge is 0.244 e. The lowest BCUT2D eigenvalue weighted by Gasteiger charge is -2.15. The second kappa shape index (κ2) is 11.9. The summed E-state index contributed by atoms with van der Waals surface area (Å²) in [6.07, 6.45) is 9.07. The summed E-state index contributed by atoms with van der Waals surface area (Å²) in [5.74, 6) is 0.796. The molecule has 1 atom stereocenters. The molecule has 0 spiro atoms. The lowest BCUT2D eigenvalue weighted by atomic mass is 10.1. The summed E-state index contributed by atoms with van der Waals surface area (Å²) in [4.78, 5) is 12.1. The van der Waals surface area contributed by atoms with Gasteiger partial charge in [-0.25, -0.2) is 0 Å². The van der Waals surface area contributed by atoms with E-state index in [0.717, 1.165) is 29.7 Å². The Morgan fingerprint density at radius 2 is 1.78 bits per heavy atom. The van der Waals surface area contributed by atoms with Crippen molar-refractivity contribution in [2.24, 2.45) is 0 Å². The zero-order chi connectivity index (χ0) is 19.3. The van der Waals surface area contributed by atoms with E-state index in [4.69, 9.17) is 4.74 Å². The molecular weight excluding hydrogens is 334 g/mol. The van der Waals surface area contributed by atoms with Gasteiger partial charge in [0.2, 0.25) is 5.91 Å². The van der Waals surface area contributed by atoms with Crippen molar-refractivity contribution in [3.05, 3.63) is 71.8 Å². The minimum absolute atomic E-state index is 0.0252. The van der Waals surface area contributed by atoms with Gasteiger partial charge in [0.1, 0.15) is 12.4 Å². The van der Waals surface area contributed by atoms with Crippen LogP contribution < -0.4 is 10.1 Å². The van der Waals surface area contributed by atoms with E-state index in [1.54, 1.807) is 6.08 Å². The van der Waals surface area contributed by atoms with Crippen molar-refractivity contribution in [2.75, 3.05) is 0 Å². The van der Waals surface area contributed by atoms with Crippen molar-refractivity contribution in [1.82, 2.24) is 5.32 Å². The predicted octanol–water partition coefficient (Wildman–Crippen LogP) is 5.75. The Balaban J connectivity index is 1.79. The number of carbonyl (C=O) groups excluding carboxylic acids is 1. The summed E-state index contributed by atoms with van der Waals surface area (Å²) in [5.41, 5.74) is 2.12. The number of carbonyl (C=O) groups is 1. The maximum Gasteiger partial charge on any atom is 0.244 e. The summed E-state index contributed by atoms with van der Waals surface area (Å²) in [6, 6.07) is 18.1. The zero-order valence-corrected chi connectivity index (χ0v) is 16.5. The summed E-state index contributed by atoms with van der Waals surface area (Å²) in [6.45, 7) is 4.86. The molecule has 3 nitrogen and oxygen atoms in total. The van der Waals surface area contributed by atoms with Crippen LogP contribution in [-0.2, 0) is 11.4 Å². The van der Waals surface area contributed by atoms with Crippen LogP contribution in [0.25, 0.3) is 6.08 Å². The van der Waals surface area contributed by atoms with Crippen molar-refractivity contribution in [1.29, 1.82) is 0 Å². The van der Waals surface area contributed by atoms with Crippen molar-refractivity contribution >= 4 is 12.0 Å². The Hall–Kier alpha value is -2.55. The third kappa shape index (κ3) is 8.12. The number of rotatable bonds is 11. The molecular formula is C24H31NO2. The molecule has 0 radical (unpaired) electrons. The Bertz CT molecular complexity index is 692. The van der Waals surface area contributed by atoms with E-state index >= 15 is 0 Å². The monoisotopic (exact) mass is 365 g/mol. The Kier molecular flexibility index (Phi) is 9.19. The number of ether oxygens (including phenoxy) is 1. The highest BCUT2D eigenvalue weighted by Crippen LogP contribution is 2.15. The molecule has 2 rings (SSSR count). The SMILES string of the molecule is CCCCCC(CC)NC(=O)/C=C/c1ccc(OCc2ccccc2)cc1. The van der Waals surface area contributed by atoms with Gasteiger partial charge in [-0.05, 0) is 42.2 Å². The van der Waals surface area contributed by atoms with E-state index in [1.165, 1.54) is 19.3 Å². The molecule has 0 saturated carbocycles. The molecule has 0 aliphatic heterocycles. The van der Waals surface area contributed by atoms with Gasteiger partial charge < -0.3 is 10.1 Å². The maximum absolute atomic E-state index is 12.1. The van der Waals surface area contributed by atoms with Crippen LogP contribution >= 0.6 is 0 Å². The average Bonchev–Trinajstić information content (AvgIpc) is 2.71. The fourth-order valence-electron chi connectivity index (χ4n) is 2.86. The number of benzene rings is 2. The Labute approximate surface area is 163 Å². The molecule has 0 saturated heterocycles. The van der Waals surface area contributed by atoms with Crippen LogP contribution in [0.3, 0.4) is 0 Å².